The SMILES string of the molecule is COCOc1ccc(C(=O)OC)cc1-c1cn(C)nn1. The Bertz CT molecular complexity index is 609. The van der Waals surface area contributed by atoms with Crippen molar-refractivity contribution in [3.63, 3.8) is 0 Å². The van der Waals surface area contributed by atoms with Crippen molar-refractivity contribution < 1.29 is 19.0 Å². The van der Waals surface area contributed by atoms with Crippen molar-refractivity contribution in [2.24, 2.45) is 7.05 Å². The van der Waals surface area contributed by atoms with E-state index in [0.717, 1.165) is 0 Å². The Labute approximate surface area is 116 Å². The van der Waals surface area contributed by atoms with Crippen molar-refractivity contribution in [3.8, 4) is 17.0 Å². The van der Waals surface area contributed by atoms with Crippen molar-refractivity contribution in [2.45, 2.75) is 0 Å². The van der Waals surface area contributed by atoms with Gasteiger partial charge >= 0.3 is 5.97 Å². The zero-order chi connectivity index (χ0) is 14.5. The Kier molecular flexibility index (Phi) is 4.31. The molecule has 0 fully saturated rings. The number of aromatic nitrogens is 3. The number of rotatable bonds is 5. The number of hydrogen-bond donors (Lipinski definition) is 0. The molecule has 0 atom stereocenters. The van der Waals surface area contributed by atoms with E-state index in [0.29, 0.717) is 22.6 Å². The molecule has 0 radical (unpaired) electrons. The van der Waals surface area contributed by atoms with Gasteiger partial charge in [0.15, 0.2) is 6.79 Å². The third-order valence-electron chi connectivity index (χ3n) is 2.61. The lowest BCUT2D eigenvalue weighted by molar-refractivity contribution is 0.0514. The van der Waals surface area contributed by atoms with Crippen LogP contribution in [0.2, 0.25) is 0 Å². The van der Waals surface area contributed by atoms with Crippen LogP contribution in [-0.2, 0) is 16.5 Å². The molecule has 2 rings (SSSR count). The van der Waals surface area contributed by atoms with Crippen molar-refractivity contribution >= 4 is 5.97 Å². The van der Waals surface area contributed by atoms with Crippen LogP contribution in [0.1, 0.15) is 10.4 Å². The Morgan fingerprint density at radius 3 is 2.75 bits per heavy atom. The summed E-state index contributed by atoms with van der Waals surface area (Å²) in [7, 11) is 4.63. The van der Waals surface area contributed by atoms with E-state index in [4.69, 9.17) is 14.2 Å². The first-order valence-electron chi connectivity index (χ1n) is 5.86. The van der Waals surface area contributed by atoms with Gasteiger partial charge in [-0.25, -0.2) is 4.79 Å². The van der Waals surface area contributed by atoms with Crippen molar-refractivity contribution in [1.82, 2.24) is 15.0 Å². The predicted molar refractivity (Wildman–Crippen MR) is 70.3 cm³/mol. The fourth-order valence-corrected chi connectivity index (χ4v) is 1.69. The second-order valence-corrected chi connectivity index (χ2v) is 4.03. The number of aryl methyl sites for hydroxylation is 1. The monoisotopic (exact) mass is 277 g/mol. The minimum atomic E-state index is -0.423. The number of carbonyl (C=O) groups is 1. The topological polar surface area (TPSA) is 75.5 Å². The highest BCUT2D eigenvalue weighted by molar-refractivity contribution is 5.91. The molecule has 7 heteroatoms. The molecule has 0 amide bonds. The molecule has 20 heavy (non-hydrogen) atoms. The normalized spacial score (nSPS) is 10.3. The number of nitrogens with zero attached hydrogens (tertiary/aromatic N) is 3. The molecule has 0 spiro atoms. The molecule has 0 aliphatic rings. The number of benzene rings is 1. The van der Waals surface area contributed by atoms with Gasteiger partial charge in [-0.2, -0.15) is 0 Å². The van der Waals surface area contributed by atoms with Crippen molar-refractivity contribution in [3.05, 3.63) is 30.0 Å². The Morgan fingerprint density at radius 2 is 2.15 bits per heavy atom. The molecule has 0 N–H and O–H groups in total. The lowest BCUT2D eigenvalue weighted by Gasteiger charge is -2.10. The average molecular weight is 277 g/mol. The second kappa shape index (κ2) is 6.16. The Hall–Kier alpha value is -2.41. The first-order chi connectivity index (χ1) is 9.65. The summed E-state index contributed by atoms with van der Waals surface area (Å²) in [5, 5.41) is 7.89. The first-order valence-corrected chi connectivity index (χ1v) is 5.86. The van der Waals surface area contributed by atoms with Gasteiger partial charge in [-0.05, 0) is 18.2 Å². The van der Waals surface area contributed by atoms with E-state index in [9.17, 15) is 4.79 Å². The molecular weight excluding hydrogens is 262 g/mol. The maximum absolute atomic E-state index is 11.6. The fraction of sp³-hybridized carbons (Fsp3) is 0.308. The highest BCUT2D eigenvalue weighted by Crippen LogP contribution is 2.29. The molecule has 0 unspecified atom stereocenters. The maximum atomic E-state index is 11.6. The number of methoxy groups -OCH3 is 2. The van der Waals surface area contributed by atoms with E-state index < -0.39 is 5.97 Å². The lowest BCUT2D eigenvalue weighted by atomic mass is 10.1. The third kappa shape index (κ3) is 2.94. The standard InChI is InChI=1S/C13H15N3O4/c1-16-7-11(14-15-16)10-6-9(13(17)19-3)4-5-12(10)20-8-18-2/h4-7H,8H2,1-3H3. The van der Waals surface area contributed by atoms with Crippen LogP contribution in [-0.4, -0.2) is 42.0 Å². The molecule has 2 aromatic rings. The molecule has 0 bridgehead atoms. The molecule has 0 saturated heterocycles. The van der Waals surface area contributed by atoms with E-state index in [1.807, 2.05) is 0 Å². The lowest BCUT2D eigenvalue weighted by Crippen LogP contribution is -2.04. The van der Waals surface area contributed by atoms with Gasteiger partial charge in [0.2, 0.25) is 0 Å². The molecule has 0 saturated carbocycles. The predicted octanol–water partition coefficient (Wildman–Crippen LogP) is 1.25. The first kappa shape index (κ1) is 14.0. The van der Waals surface area contributed by atoms with Crippen molar-refractivity contribution in [1.29, 1.82) is 0 Å². The van der Waals surface area contributed by atoms with Crippen LogP contribution < -0.4 is 4.74 Å². The minimum absolute atomic E-state index is 0.102. The summed E-state index contributed by atoms with van der Waals surface area (Å²) in [5.74, 6) is 0.133. The number of esters is 1. The Morgan fingerprint density at radius 1 is 1.35 bits per heavy atom. The average Bonchev–Trinajstić information content (AvgIpc) is 2.90. The van der Waals surface area contributed by atoms with Gasteiger partial charge in [0.25, 0.3) is 0 Å². The number of ether oxygens (including phenoxy) is 3. The van der Waals surface area contributed by atoms with E-state index in [1.54, 1.807) is 36.1 Å². The van der Waals surface area contributed by atoms with Crippen molar-refractivity contribution in [2.75, 3.05) is 21.0 Å². The molecule has 106 valence electrons. The summed E-state index contributed by atoms with van der Waals surface area (Å²) < 4.78 is 16.6. The van der Waals surface area contributed by atoms with Gasteiger partial charge in [-0.1, -0.05) is 5.21 Å². The van der Waals surface area contributed by atoms with Crippen LogP contribution in [0.5, 0.6) is 5.75 Å². The number of carbonyl (C=O) groups excluding carboxylic acids is 1. The van der Waals surface area contributed by atoms with Crippen LogP contribution >= 0.6 is 0 Å². The van der Waals surface area contributed by atoms with Gasteiger partial charge < -0.3 is 14.2 Å². The maximum Gasteiger partial charge on any atom is 0.337 e. The summed E-state index contributed by atoms with van der Waals surface area (Å²) in [6.45, 7) is 0.102. The summed E-state index contributed by atoms with van der Waals surface area (Å²) in [4.78, 5) is 11.6. The van der Waals surface area contributed by atoms with Gasteiger partial charge in [-0.15, -0.1) is 5.10 Å². The Balaban J connectivity index is 2.44. The van der Waals surface area contributed by atoms with E-state index in [1.165, 1.54) is 14.2 Å². The highest BCUT2D eigenvalue weighted by atomic mass is 16.7. The van der Waals surface area contributed by atoms with Gasteiger partial charge in [0.05, 0.1) is 18.9 Å². The van der Waals surface area contributed by atoms with Crippen LogP contribution in [0.3, 0.4) is 0 Å². The van der Waals surface area contributed by atoms with E-state index in [2.05, 4.69) is 10.3 Å². The molecule has 1 aromatic carbocycles. The highest BCUT2D eigenvalue weighted by Gasteiger charge is 2.14. The van der Waals surface area contributed by atoms with Crippen LogP contribution in [0, 0.1) is 0 Å². The van der Waals surface area contributed by atoms with Gasteiger partial charge in [0.1, 0.15) is 11.4 Å². The molecule has 0 aliphatic heterocycles. The molecule has 1 heterocycles. The summed E-state index contributed by atoms with van der Waals surface area (Å²) in [5.41, 5.74) is 1.67. The molecule has 1 aromatic heterocycles. The zero-order valence-electron chi connectivity index (χ0n) is 11.5. The third-order valence-corrected chi connectivity index (χ3v) is 2.61. The van der Waals surface area contributed by atoms with Gasteiger partial charge in [-0.3, -0.25) is 4.68 Å². The molecular formula is C13H15N3O4. The number of hydrogen-bond acceptors (Lipinski definition) is 6. The fourth-order valence-electron chi connectivity index (χ4n) is 1.69. The van der Waals surface area contributed by atoms with Crippen LogP contribution in [0.15, 0.2) is 24.4 Å². The smallest absolute Gasteiger partial charge is 0.337 e. The minimum Gasteiger partial charge on any atom is -0.467 e. The summed E-state index contributed by atoms with van der Waals surface area (Å²) in [6, 6.07) is 4.95. The summed E-state index contributed by atoms with van der Waals surface area (Å²) in [6.07, 6.45) is 1.73. The largest absolute Gasteiger partial charge is 0.467 e. The van der Waals surface area contributed by atoms with Crippen LogP contribution in [0.4, 0.5) is 0 Å². The van der Waals surface area contributed by atoms with E-state index >= 15 is 0 Å². The molecule has 7 nitrogen and oxygen atoms in total. The zero-order valence-corrected chi connectivity index (χ0v) is 11.5. The summed E-state index contributed by atoms with van der Waals surface area (Å²) >= 11 is 0. The van der Waals surface area contributed by atoms with E-state index in [-0.39, 0.29) is 6.79 Å². The quantitative estimate of drug-likeness (QED) is 0.605. The molecule has 0 aliphatic carbocycles. The van der Waals surface area contributed by atoms with Crippen LogP contribution in [0.25, 0.3) is 11.3 Å². The second-order valence-electron chi connectivity index (χ2n) is 4.03. The van der Waals surface area contributed by atoms with Gasteiger partial charge in [0, 0.05) is 19.7 Å².